The number of carbonyl (C=O) groups excluding carboxylic acids is 2. The summed E-state index contributed by atoms with van der Waals surface area (Å²) >= 11 is 0. The molecule has 4 rings (SSSR count). The van der Waals surface area contributed by atoms with Crippen LogP contribution in [-0.2, 0) is 13.0 Å². The molecule has 0 spiro atoms. The maximum atomic E-state index is 12.8. The molecule has 0 atom stereocenters. The standard InChI is InChI=1S/C22H20N4O2/c1-15(27)17-7-4-8-19(11-17)25-21-13-23-20(12-24-21)22(28)26-10-9-16-5-2-3-6-18(16)14-26/h2-8,11-13H,9-10,14H2,1H3,(H,24,25). The predicted molar refractivity (Wildman–Crippen MR) is 107 cm³/mol. The molecule has 1 N–H and O–H groups in total. The summed E-state index contributed by atoms with van der Waals surface area (Å²) in [6, 6.07) is 15.4. The van der Waals surface area contributed by atoms with Crippen molar-refractivity contribution in [3.8, 4) is 0 Å². The first-order chi connectivity index (χ1) is 13.6. The SMILES string of the molecule is CC(=O)c1cccc(Nc2cnc(C(=O)N3CCc4ccccc4C3)cn2)c1. The number of benzene rings is 2. The Morgan fingerprint density at radius 3 is 2.57 bits per heavy atom. The van der Waals surface area contributed by atoms with Crippen molar-refractivity contribution in [1.82, 2.24) is 14.9 Å². The van der Waals surface area contributed by atoms with E-state index in [0.717, 1.165) is 12.1 Å². The number of anilines is 2. The summed E-state index contributed by atoms with van der Waals surface area (Å²) in [5, 5.41) is 3.11. The molecule has 2 heterocycles. The van der Waals surface area contributed by atoms with Gasteiger partial charge in [0.25, 0.3) is 5.91 Å². The maximum absolute atomic E-state index is 12.8. The minimum absolute atomic E-state index is 0.00113. The van der Waals surface area contributed by atoms with Crippen molar-refractivity contribution in [2.45, 2.75) is 19.9 Å². The summed E-state index contributed by atoms with van der Waals surface area (Å²) in [6.45, 7) is 2.79. The molecule has 0 saturated carbocycles. The van der Waals surface area contributed by atoms with E-state index in [1.54, 1.807) is 23.1 Å². The molecule has 1 aromatic heterocycles. The number of ketones is 1. The fraction of sp³-hybridized carbons (Fsp3) is 0.182. The highest BCUT2D eigenvalue weighted by atomic mass is 16.2. The number of Topliss-reactive ketones (excluding diaryl/α,β-unsaturated/α-hetero) is 1. The third-order valence-electron chi connectivity index (χ3n) is 4.83. The van der Waals surface area contributed by atoms with Gasteiger partial charge in [0.15, 0.2) is 5.78 Å². The van der Waals surface area contributed by atoms with Crippen molar-refractivity contribution in [3.05, 3.63) is 83.3 Å². The van der Waals surface area contributed by atoms with Crippen LogP contribution >= 0.6 is 0 Å². The summed E-state index contributed by atoms with van der Waals surface area (Å²) in [6.07, 6.45) is 3.87. The summed E-state index contributed by atoms with van der Waals surface area (Å²) in [7, 11) is 0. The lowest BCUT2D eigenvalue weighted by atomic mass is 10.00. The van der Waals surface area contributed by atoms with Crippen LogP contribution in [-0.4, -0.2) is 33.1 Å². The number of carbonyl (C=O) groups is 2. The van der Waals surface area contributed by atoms with E-state index >= 15 is 0 Å². The monoisotopic (exact) mass is 372 g/mol. The second-order valence-corrected chi connectivity index (χ2v) is 6.79. The highest BCUT2D eigenvalue weighted by Crippen LogP contribution is 2.20. The van der Waals surface area contributed by atoms with Gasteiger partial charge in [-0.05, 0) is 36.6 Å². The van der Waals surface area contributed by atoms with Crippen molar-refractivity contribution < 1.29 is 9.59 Å². The van der Waals surface area contributed by atoms with E-state index in [-0.39, 0.29) is 11.7 Å². The van der Waals surface area contributed by atoms with Crippen molar-refractivity contribution in [2.75, 3.05) is 11.9 Å². The van der Waals surface area contributed by atoms with E-state index in [0.29, 0.717) is 30.2 Å². The average molecular weight is 372 g/mol. The van der Waals surface area contributed by atoms with E-state index in [4.69, 9.17) is 0 Å². The van der Waals surface area contributed by atoms with Gasteiger partial charge in [-0.25, -0.2) is 9.97 Å². The van der Waals surface area contributed by atoms with Gasteiger partial charge in [-0.3, -0.25) is 9.59 Å². The van der Waals surface area contributed by atoms with Crippen molar-refractivity contribution in [1.29, 1.82) is 0 Å². The Morgan fingerprint density at radius 1 is 1.00 bits per heavy atom. The minimum atomic E-state index is -0.118. The molecule has 2 aromatic carbocycles. The lowest BCUT2D eigenvalue weighted by Gasteiger charge is -2.28. The van der Waals surface area contributed by atoms with Crippen molar-refractivity contribution in [2.24, 2.45) is 0 Å². The smallest absolute Gasteiger partial charge is 0.274 e. The Hall–Kier alpha value is -3.54. The zero-order chi connectivity index (χ0) is 19.5. The van der Waals surface area contributed by atoms with Crippen LogP contribution in [0.3, 0.4) is 0 Å². The minimum Gasteiger partial charge on any atom is -0.339 e. The highest BCUT2D eigenvalue weighted by Gasteiger charge is 2.22. The second kappa shape index (κ2) is 7.60. The van der Waals surface area contributed by atoms with Gasteiger partial charge in [0, 0.05) is 24.3 Å². The van der Waals surface area contributed by atoms with E-state index < -0.39 is 0 Å². The molecule has 0 unspecified atom stereocenters. The molecule has 0 aliphatic carbocycles. The van der Waals surface area contributed by atoms with Gasteiger partial charge in [-0.1, -0.05) is 36.4 Å². The molecular formula is C22H20N4O2. The number of hydrogen-bond donors (Lipinski definition) is 1. The number of nitrogens with zero attached hydrogens (tertiary/aromatic N) is 3. The first-order valence-electron chi connectivity index (χ1n) is 9.16. The number of amides is 1. The fourth-order valence-electron chi connectivity index (χ4n) is 3.30. The quantitative estimate of drug-likeness (QED) is 0.708. The fourth-order valence-corrected chi connectivity index (χ4v) is 3.30. The lowest BCUT2D eigenvalue weighted by molar-refractivity contribution is 0.0728. The Balaban J connectivity index is 1.45. The Kier molecular flexibility index (Phi) is 4.85. The van der Waals surface area contributed by atoms with Crippen LogP contribution in [0.5, 0.6) is 0 Å². The lowest BCUT2D eigenvalue weighted by Crippen LogP contribution is -2.36. The molecule has 0 saturated heterocycles. The second-order valence-electron chi connectivity index (χ2n) is 6.79. The molecule has 1 aliphatic rings. The van der Waals surface area contributed by atoms with Crippen LogP contribution in [0, 0.1) is 0 Å². The molecule has 1 aliphatic heterocycles. The van der Waals surface area contributed by atoms with Crippen LogP contribution < -0.4 is 5.32 Å². The molecule has 28 heavy (non-hydrogen) atoms. The number of hydrogen-bond acceptors (Lipinski definition) is 5. The van der Waals surface area contributed by atoms with E-state index in [2.05, 4.69) is 27.4 Å². The first-order valence-corrected chi connectivity index (χ1v) is 9.16. The van der Waals surface area contributed by atoms with Gasteiger partial charge in [0.2, 0.25) is 0 Å². The van der Waals surface area contributed by atoms with Crippen LogP contribution in [0.2, 0.25) is 0 Å². The Bertz CT molecular complexity index is 1030. The molecule has 140 valence electrons. The number of fused-ring (bicyclic) bond motifs is 1. The van der Waals surface area contributed by atoms with E-state index in [1.165, 1.54) is 30.4 Å². The molecule has 6 heteroatoms. The Morgan fingerprint density at radius 2 is 1.82 bits per heavy atom. The zero-order valence-corrected chi connectivity index (χ0v) is 15.6. The third-order valence-corrected chi connectivity index (χ3v) is 4.83. The summed E-state index contributed by atoms with van der Waals surface area (Å²) in [5.74, 6) is 0.396. The van der Waals surface area contributed by atoms with Gasteiger partial charge in [-0.2, -0.15) is 0 Å². The predicted octanol–water partition coefficient (Wildman–Crippen LogP) is 3.62. The molecular weight excluding hydrogens is 352 g/mol. The molecule has 6 nitrogen and oxygen atoms in total. The molecule has 0 fully saturated rings. The summed E-state index contributed by atoms with van der Waals surface area (Å²) in [5.41, 5.74) is 4.16. The number of nitrogens with one attached hydrogen (secondary N) is 1. The third kappa shape index (κ3) is 3.76. The summed E-state index contributed by atoms with van der Waals surface area (Å²) in [4.78, 5) is 34.6. The van der Waals surface area contributed by atoms with Gasteiger partial charge in [0.1, 0.15) is 11.5 Å². The number of rotatable bonds is 4. The van der Waals surface area contributed by atoms with Crippen LogP contribution in [0.15, 0.2) is 60.9 Å². The molecule has 0 bridgehead atoms. The highest BCUT2D eigenvalue weighted by molar-refractivity contribution is 5.95. The largest absolute Gasteiger partial charge is 0.339 e. The normalized spacial score (nSPS) is 13.0. The van der Waals surface area contributed by atoms with Crippen LogP contribution in [0.1, 0.15) is 38.9 Å². The molecule has 0 radical (unpaired) electrons. The van der Waals surface area contributed by atoms with Gasteiger partial charge in [-0.15, -0.1) is 0 Å². The Labute approximate surface area is 163 Å². The molecule has 3 aromatic rings. The van der Waals surface area contributed by atoms with Crippen LogP contribution in [0.4, 0.5) is 11.5 Å². The number of aromatic nitrogens is 2. The first kappa shape index (κ1) is 17.9. The van der Waals surface area contributed by atoms with Crippen molar-refractivity contribution in [3.63, 3.8) is 0 Å². The maximum Gasteiger partial charge on any atom is 0.274 e. The average Bonchev–Trinajstić information content (AvgIpc) is 2.73. The van der Waals surface area contributed by atoms with Gasteiger partial charge < -0.3 is 10.2 Å². The van der Waals surface area contributed by atoms with Gasteiger partial charge >= 0.3 is 0 Å². The van der Waals surface area contributed by atoms with E-state index in [9.17, 15) is 9.59 Å². The van der Waals surface area contributed by atoms with Crippen molar-refractivity contribution >= 4 is 23.2 Å². The summed E-state index contributed by atoms with van der Waals surface area (Å²) < 4.78 is 0. The topological polar surface area (TPSA) is 75.2 Å². The van der Waals surface area contributed by atoms with E-state index in [1.807, 2.05) is 18.2 Å². The zero-order valence-electron chi connectivity index (χ0n) is 15.6. The molecule has 1 amide bonds. The van der Waals surface area contributed by atoms with Gasteiger partial charge in [0.05, 0.1) is 12.4 Å². The van der Waals surface area contributed by atoms with Crippen LogP contribution in [0.25, 0.3) is 0 Å².